The molecule has 178 valence electrons. The van der Waals surface area contributed by atoms with Gasteiger partial charge in [-0.15, -0.1) is 0 Å². The highest BCUT2D eigenvalue weighted by Crippen LogP contribution is 2.28. The summed E-state index contributed by atoms with van der Waals surface area (Å²) in [5, 5.41) is 5.47. The molecule has 2 aromatic rings. The Bertz CT molecular complexity index is 958. The number of nitrogens with one attached hydrogen (secondary N) is 2. The van der Waals surface area contributed by atoms with Crippen molar-refractivity contribution in [3.05, 3.63) is 48.0 Å². The van der Waals surface area contributed by atoms with E-state index in [1.54, 1.807) is 31.4 Å². The molecular formula is C24H30N2O7. The van der Waals surface area contributed by atoms with Crippen molar-refractivity contribution in [2.24, 2.45) is 5.92 Å². The molecule has 2 rings (SSSR count). The highest BCUT2D eigenvalue weighted by molar-refractivity contribution is 5.93. The van der Waals surface area contributed by atoms with Gasteiger partial charge in [-0.1, -0.05) is 13.8 Å². The Hall–Kier alpha value is -3.75. The summed E-state index contributed by atoms with van der Waals surface area (Å²) in [6, 6.07) is 11.2. The quantitative estimate of drug-likeness (QED) is 0.498. The largest absolute Gasteiger partial charge is 0.497 e. The van der Waals surface area contributed by atoms with E-state index >= 15 is 0 Å². The van der Waals surface area contributed by atoms with Crippen molar-refractivity contribution in [3.8, 4) is 17.2 Å². The molecule has 0 aromatic heterocycles. The van der Waals surface area contributed by atoms with Gasteiger partial charge in [0.25, 0.3) is 11.8 Å². The molecule has 2 N–H and O–H groups in total. The summed E-state index contributed by atoms with van der Waals surface area (Å²) in [7, 11) is 2.97. The summed E-state index contributed by atoms with van der Waals surface area (Å²) >= 11 is 0. The van der Waals surface area contributed by atoms with Crippen LogP contribution >= 0.6 is 0 Å². The molecule has 9 heteroatoms. The Labute approximate surface area is 193 Å². The molecule has 9 nitrogen and oxygen atoms in total. The Morgan fingerprint density at radius 3 is 2.15 bits per heavy atom. The Morgan fingerprint density at radius 1 is 0.848 bits per heavy atom. The molecule has 0 aliphatic rings. The molecule has 2 amide bonds. The Balaban J connectivity index is 1.90. The molecule has 1 unspecified atom stereocenters. The van der Waals surface area contributed by atoms with Gasteiger partial charge in [-0.3, -0.25) is 9.59 Å². The summed E-state index contributed by atoms with van der Waals surface area (Å²) < 4.78 is 20.9. The normalized spacial score (nSPS) is 11.3. The molecule has 0 bridgehead atoms. The van der Waals surface area contributed by atoms with E-state index in [1.807, 2.05) is 20.8 Å². The smallest absolute Gasteiger partial charge is 0.338 e. The number of hydrogen-bond acceptors (Lipinski definition) is 7. The van der Waals surface area contributed by atoms with Gasteiger partial charge >= 0.3 is 5.97 Å². The average molecular weight is 459 g/mol. The molecule has 1 atom stereocenters. The molecule has 0 radical (unpaired) electrons. The third kappa shape index (κ3) is 8.03. The van der Waals surface area contributed by atoms with Gasteiger partial charge in [0.1, 0.15) is 5.75 Å². The first-order valence-corrected chi connectivity index (χ1v) is 10.4. The summed E-state index contributed by atoms with van der Waals surface area (Å²) in [6.45, 7) is 5.19. The zero-order valence-electron chi connectivity index (χ0n) is 19.5. The fourth-order valence-electron chi connectivity index (χ4n) is 2.61. The highest BCUT2D eigenvalue weighted by atomic mass is 16.5. The average Bonchev–Trinajstić information content (AvgIpc) is 2.81. The number of esters is 1. The number of ether oxygens (including phenoxy) is 4. The van der Waals surface area contributed by atoms with Crippen molar-refractivity contribution >= 4 is 23.5 Å². The molecule has 0 fully saturated rings. The zero-order chi connectivity index (χ0) is 24.4. The number of rotatable bonds is 11. The molecule has 0 heterocycles. The fourth-order valence-corrected chi connectivity index (χ4v) is 2.61. The van der Waals surface area contributed by atoms with Gasteiger partial charge in [0.15, 0.2) is 24.7 Å². The fraction of sp³-hybridized carbons (Fsp3) is 0.375. The minimum absolute atomic E-state index is 0.0327. The SMILES string of the molecule is COc1ccc(NC(=O)COc2ccc(C(=O)OCC(=O)NC(C)C(C)C)cc2OC)cc1. The molecular weight excluding hydrogens is 428 g/mol. The second-order valence-electron chi connectivity index (χ2n) is 7.61. The maximum atomic E-state index is 12.3. The van der Waals surface area contributed by atoms with E-state index in [1.165, 1.54) is 25.3 Å². The van der Waals surface area contributed by atoms with E-state index in [-0.39, 0.29) is 54.1 Å². The predicted octanol–water partition coefficient (Wildman–Crippen LogP) is 3.04. The van der Waals surface area contributed by atoms with Gasteiger partial charge in [0.05, 0.1) is 19.8 Å². The van der Waals surface area contributed by atoms with Crippen molar-refractivity contribution in [1.29, 1.82) is 0 Å². The first-order valence-electron chi connectivity index (χ1n) is 10.4. The number of methoxy groups -OCH3 is 2. The molecule has 0 saturated heterocycles. The minimum Gasteiger partial charge on any atom is -0.497 e. The third-order valence-corrected chi connectivity index (χ3v) is 4.85. The molecule has 0 spiro atoms. The lowest BCUT2D eigenvalue weighted by atomic mass is 10.1. The van der Waals surface area contributed by atoms with Gasteiger partial charge in [-0.25, -0.2) is 4.79 Å². The molecule has 0 aliphatic carbocycles. The van der Waals surface area contributed by atoms with Crippen molar-refractivity contribution in [2.75, 3.05) is 32.8 Å². The van der Waals surface area contributed by atoms with Gasteiger partial charge < -0.3 is 29.6 Å². The van der Waals surface area contributed by atoms with E-state index in [0.29, 0.717) is 11.4 Å². The first-order chi connectivity index (χ1) is 15.7. The first kappa shape index (κ1) is 25.5. The Kier molecular flexibility index (Phi) is 9.53. The van der Waals surface area contributed by atoms with Gasteiger partial charge in [0, 0.05) is 11.7 Å². The van der Waals surface area contributed by atoms with Crippen LogP contribution in [0, 0.1) is 5.92 Å². The molecule has 33 heavy (non-hydrogen) atoms. The zero-order valence-corrected chi connectivity index (χ0v) is 19.5. The summed E-state index contributed by atoms with van der Waals surface area (Å²) in [6.07, 6.45) is 0. The van der Waals surface area contributed by atoms with Gasteiger partial charge in [-0.05, 0) is 55.3 Å². The van der Waals surface area contributed by atoms with Crippen LogP contribution in [-0.2, 0) is 14.3 Å². The van der Waals surface area contributed by atoms with E-state index in [4.69, 9.17) is 18.9 Å². The van der Waals surface area contributed by atoms with Crippen LogP contribution in [0.3, 0.4) is 0 Å². The van der Waals surface area contributed by atoms with Crippen LogP contribution in [0.1, 0.15) is 31.1 Å². The number of anilines is 1. The lowest BCUT2D eigenvalue weighted by Gasteiger charge is -2.17. The third-order valence-electron chi connectivity index (χ3n) is 4.85. The number of benzene rings is 2. The molecule has 2 aromatic carbocycles. The standard InChI is InChI=1S/C24H30N2O7/c1-15(2)16(3)25-22(27)14-33-24(29)17-6-11-20(21(12-17)31-5)32-13-23(28)26-18-7-9-19(30-4)10-8-18/h6-12,15-16H,13-14H2,1-5H3,(H,25,27)(H,26,28). The predicted molar refractivity (Wildman–Crippen MR) is 123 cm³/mol. The van der Waals surface area contributed by atoms with Gasteiger partial charge in [-0.2, -0.15) is 0 Å². The second kappa shape index (κ2) is 12.3. The van der Waals surface area contributed by atoms with Crippen molar-refractivity contribution in [3.63, 3.8) is 0 Å². The number of carbonyl (C=O) groups excluding carboxylic acids is 3. The van der Waals surface area contributed by atoms with Crippen LogP contribution in [0.5, 0.6) is 17.2 Å². The van der Waals surface area contributed by atoms with Crippen LogP contribution in [0.15, 0.2) is 42.5 Å². The topological polar surface area (TPSA) is 112 Å². The van der Waals surface area contributed by atoms with Crippen molar-refractivity contribution in [1.82, 2.24) is 5.32 Å². The van der Waals surface area contributed by atoms with E-state index < -0.39 is 5.97 Å². The van der Waals surface area contributed by atoms with Crippen LogP contribution in [0.4, 0.5) is 5.69 Å². The van der Waals surface area contributed by atoms with Crippen LogP contribution in [0.2, 0.25) is 0 Å². The monoisotopic (exact) mass is 458 g/mol. The lowest BCUT2D eigenvalue weighted by molar-refractivity contribution is -0.125. The van der Waals surface area contributed by atoms with E-state index in [9.17, 15) is 14.4 Å². The van der Waals surface area contributed by atoms with Gasteiger partial charge in [0.2, 0.25) is 0 Å². The summed E-state index contributed by atoms with van der Waals surface area (Å²) in [4.78, 5) is 36.4. The minimum atomic E-state index is -0.676. The number of carbonyl (C=O) groups is 3. The van der Waals surface area contributed by atoms with Crippen LogP contribution < -0.4 is 24.8 Å². The summed E-state index contributed by atoms with van der Waals surface area (Å²) in [5.41, 5.74) is 0.785. The van der Waals surface area contributed by atoms with Crippen molar-refractivity contribution < 1.29 is 33.3 Å². The summed E-state index contributed by atoms with van der Waals surface area (Å²) in [5.74, 6) is 0.0521. The van der Waals surface area contributed by atoms with Crippen LogP contribution in [-0.4, -0.2) is 51.3 Å². The van der Waals surface area contributed by atoms with Crippen molar-refractivity contribution in [2.45, 2.75) is 26.8 Å². The molecule has 0 aliphatic heterocycles. The van der Waals surface area contributed by atoms with E-state index in [0.717, 1.165) is 0 Å². The number of amides is 2. The Morgan fingerprint density at radius 2 is 1.55 bits per heavy atom. The molecule has 0 saturated carbocycles. The highest BCUT2D eigenvalue weighted by Gasteiger charge is 2.16. The van der Waals surface area contributed by atoms with Crippen LogP contribution in [0.25, 0.3) is 0 Å². The maximum Gasteiger partial charge on any atom is 0.338 e. The lowest BCUT2D eigenvalue weighted by Crippen LogP contribution is -2.38. The maximum absolute atomic E-state index is 12.3. The van der Waals surface area contributed by atoms with E-state index in [2.05, 4.69) is 10.6 Å². The second-order valence-corrected chi connectivity index (χ2v) is 7.61. The number of hydrogen-bond donors (Lipinski definition) is 2.